The van der Waals surface area contributed by atoms with Gasteiger partial charge in [-0.15, -0.1) is 34.0 Å². The monoisotopic (exact) mass is 1940 g/mol. The molecule has 0 saturated carbocycles. The molecule has 148 heavy (non-hydrogen) atoms. The van der Waals surface area contributed by atoms with Crippen LogP contribution in [0.5, 0.6) is 0 Å². The van der Waals surface area contributed by atoms with E-state index in [4.69, 9.17) is 22.1 Å². The summed E-state index contributed by atoms with van der Waals surface area (Å²) in [6.07, 6.45) is 0. The summed E-state index contributed by atoms with van der Waals surface area (Å²) in [4.78, 5) is 7.24. The zero-order chi connectivity index (χ0) is 96.9. The molecule has 0 amide bonds. The average Bonchev–Trinajstić information content (AvgIpc) is 1.52. The van der Waals surface area contributed by atoms with Crippen molar-refractivity contribution in [2.45, 2.75) is 5.41 Å². The summed E-state index contributed by atoms with van der Waals surface area (Å²) in [5, 5.41) is 20.9. The zero-order valence-electron chi connectivity index (χ0n) is 79.4. The number of hydrogen-bond acceptors (Lipinski definition) is 11. The van der Waals surface area contributed by atoms with Gasteiger partial charge in [-0.3, -0.25) is 0 Å². The molecule has 0 atom stereocenters. The molecule has 31 aromatic rings. The van der Waals surface area contributed by atoms with Crippen molar-refractivity contribution in [3.05, 3.63) is 514 Å². The molecular weight excluding hydrogens is 1860 g/mol. The quantitative estimate of drug-likeness (QED) is 0.127. The number of benzene rings is 23. The molecule has 0 saturated heterocycles. The molecule has 8 aromatic heterocycles. The number of para-hydroxylation sites is 5. The lowest BCUT2D eigenvalue weighted by atomic mass is 9.70. The normalized spacial score (nSPS) is 12.5. The highest BCUT2D eigenvalue weighted by Crippen LogP contribution is 2.65. The fourth-order valence-electron chi connectivity index (χ4n) is 24.1. The standard InChI is InChI=1S/C53H31NOS.C42H23NO3S.C42H27NOS/c1-2-14-33-29-34(26-25-32(33)13-1)54(47-31-42-40-18-6-11-23-48(40)55-51(42)52-50(47)41-19-7-12-24-49(41)56-52)35-27-28-39-38-17-5-10-22-45(38)53(46(39)30-35)43-20-8-3-15-36(43)37-16-4-9-21-44(37)53;1-5-13-33-26(9-1)28-19-17-24(21-36(28)44-33)43(25-18-20-29-27-10-2-6-14-34(27)45-37(29)22-25)32-23-38-41(30-11-3-7-15-35(30)46-38)42-40(32)31-12-4-8-16-39(31)47-42;1-3-11-28(12-4-1)30-19-23-32(24-20-30)43(33-25-21-31(22-26-33)29-13-5-2-6-14-29)37-27-36-34-15-7-9-17-38(34)44-41(36)40-35-16-8-10-18-39(35)45-42(37)40/h1-31H;1-23H;1-27H. The Bertz CT molecular complexity index is 10600. The van der Waals surface area contributed by atoms with Gasteiger partial charge in [0.25, 0.3) is 0 Å². The van der Waals surface area contributed by atoms with Gasteiger partial charge in [0, 0.05) is 157 Å². The van der Waals surface area contributed by atoms with Gasteiger partial charge in [-0.1, -0.05) is 340 Å². The number of hydrogen-bond donors (Lipinski definition) is 0. The highest BCUT2D eigenvalue weighted by atomic mass is 32.1. The molecule has 692 valence electrons. The largest absolute Gasteiger partial charge is 0.456 e. The van der Waals surface area contributed by atoms with Gasteiger partial charge in [-0.05, 0) is 211 Å². The van der Waals surface area contributed by atoms with E-state index in [9.17, 15) is 0 Å². The smallest absolute Gasteiger partial charge is 0.153 e. The molecule has 0 fully saturated rings. The zero-order valence-corrected chi connectivity index (χ0v) is 81.8. The maximum Gasteiger partial charge on any atom is 0.153 e. The Kier molecular flexibility index (Phi) is 18.8. The van der Waals surface area contributed by atoms with Gasteiger partial charge in [-0.2, -0.15) is 0 Å². The minimum absolute atomic E-state index is 0.445. The van der Waals surface area contributed by atoms with Crippen LogP contribution in [0.4, 0.5) is 51.2 Å². The second kappa shape index (κ2) is 33.2. The molecule has 2 aliphatic rings. The van der Waals surface area contributed by atoms with Crippen molar-refractivity contribution in [2.24, 2.45) is 0 Å². The van der Waals surface area contributed by atoms with Crippen LogP contribution in [-0.2, 0) is 5.41 Å². The van der Waals surface area contributed by atoms with E-state index in [0.717, 1.165) is 161 Å². The maximum atomic E-state index is 6.72. The van der Waals surface area contributed by atoms with E-state index in [1.54, 1.807) is 0 Å². The third-order valence-electron chi connectivity index (χ3n) is 30.6. The SMILES string of the molecule is c1ccc(-c2ccc(N(c3ccc(-c4ccccc4)cc3)c3cc4c5ccccc5oc4c4c3sc3ccccc34)cc2)cc1.c1ccc2c(c1)-c1ccccc1C21c2ccccc2-c2ccc(N(c3ccc4ccccc4c3)c3cc4c5ccccc5oc4c4sc5ccccc5c34)cc21.c1ccc2c(c1)oc1cc(N(c3ccc4c(c3)oc3ccccc34)c3cc4oc5ccccc5c4c4sc5ccccc5c34)ccc12. The number of rotatable bonds is 11. The van der Waals surface area contributed by atoms with Crippen molar-refractivity contribution in [2.75, 3.05) is 14.7 Å². The van der Waals surface area contributed by atoms with Crippen LogP contribution in [0.1, 0.15) is 22.3 Å². The first kappa shape index (κ1) is 83.9. The summed E-state index contributed by atoms with van der Waals surface area (Å²) >= 11 is 5.47. The number of fused-ring (bicyclic) bond motifs is 38. The molecule has 8 heterocycles. The Morgan fingerprint density at radius 2 is 0.507 bits per heavy atom. The van der Waals surface area contributed by atoms with Crippen LogP contribution >= 0.6 is 34.0 Å². The molecule has 0 aliphatic heterocycles. The number of anilines is 9. The van der Waals surface area contributed by atoms with Crippen LogP contribution in [0.15, 0.2) is 513 Å². The number of nitrogens with zero attached hydrogens (tertiary/aromatic N) is 3. The molecule has 33 rings (SSSR count). The molecule has 0 bridgehead atoms. The summed E-state index contributed by atoms with van der Waals surface area (Å²) in [7, 11) is 0. The van der Waals surface area contributed by atoms with Crippen LogP contribution < -0.4 is 14.7 Å². The van der Waals surface area contributed by atoms with E-state index >= 15 is 0 Å². The van der Waals surface area contributed by atoms with E-state index in [2.05, 4.69) is 470 Å². The third-order valence-corrected chi connectivity index (χ3v) is 34.1. The summed E-state index contributed by atoms with van der Waals surface area (Å²) in [6.45, 7) is 0. The van der Waals surface area contributed by atoms with Gasteiger partial charge in [-0.25, -0.2) is 0 Å². The van der Waals surface area contributed by atoms with E-state index in [0.29, 0.717) is 0 Å². The maximum absolute atomic E-state index is 6.72. The van der Waals surface area contributed by atoms with Crippen molar-refractivity contribution >= 4 is 266 Å². The molecule has 1 spiro atoms. The molecule has 0 unspecified atom stereocenters. The third kappa shape index (κ3) is 12.9. The first-order valence-corrected chi connectivity index (χ1v) is 52.6. The van der Waals surface area contributed by atoms with E-state index in [1.807, 2.05) is 70.4 Å². The summed E-state index contributed by atoms with van der Waals surface area (Å²) < 4.78 is 40.1. The molecule has 2 aliphatic carbocycles. The lowest BCUT2D eigenvalue weighted by Gasteiger charge is -2.32. The Balaban J connectivity index is 0.000000101. The van der Waals surface area contributed by atoms with Gasteiger partial charge in [0.2, 0.25) is 0 Å². The summed E-state index contributed by atoms with van der Waals surface area (Å²) in [5.41, 5.74) is 33.6. The van der Waals surface area contributed by atoms with Crippen molar-refractivity contribution < 1.29 is 22.1 Å². The molecule has 8 nitrogen and oxygen atoms in total. The van der Waals surface area contributed by atoms with Gasteiger partial charge >= 0.3 is 0 Å². The van der Waals surface area contributed by atoms with Gasteiger partial charge < -0.3 is 36.8 Å². The average molecular weight is 1950 g/mol. The number of thiophene rings is 3. The Morgan fingerprint density at radius 1 is 0.169 bits per heavy atom. The first-order valence-electron chi connectivity index (χ1n) is 50.1. The fraction of sp³-hybridized carbons (Fsp3) is 0.00730. The fourth-order valence-corrected chi connectivity index (χ4v) is 27.8. The van der Waals surface area contributed by atoms with Crippen molar-refractivity contribution in [3.8, 4) is 44.5 Å². The lowest BCUT2D eigenvalue weighted by molar-refractivity contribution is 0.669. The molecule has 0 radical (unpaired) electrons. The van der Waals surface area contributed by atoms with Crippen LogP contribution in [0.3, 0.4) is 0 Å². The molecule has 23 aromatic carbocycles. The Hall–Kier alpha value is -18.6. The second-order valence-electron chi connectivity index (χ2n) is 38.6. The molecular formula is C137H81N3O5S3. The molecule has 0 N–H and O–H groups in total. The van der Waals surface area contributed by atoms with Gasteiger partial charge in [0.15, 0.2) is 5.58 Å². The summed E-state index contributed by atoms with van der Waals surface area (Å²) in [6, 6.07) is 177. The van der Waals surface area contributed by atoms with Crippen LogP contribution in [-0.4, -0.2) is 0 Å². The van der Waals surface area contributed by atoms with E-state index < -0.39 is 5.41 Å². The Labute approximate surface area is 859 Å². The topological polar surface area (TPSA) is 75.4 Å². The highest BCUT2D eigenvalue weighted by Gasteiger charge is 2.52. The van der Waals surface area contributed by atoms with Crippen LogP contribution in [0.25, 0.3) is 225 Å². The van der Waals surface area contributed by atoms with Crippen molar-refractivity contribution in [1.82, 2.24) is 0 Å². The van der Waals surface area contributed by atoms with Crippen LogP contribution in [0.2, 0.25) is 0 Å². The predicted molar refractivity (Wildman–Crippen MR) is 623 cm³/mol. The predicted octanol–water partition coefficient (Wildman–Crippen LogP) is 40.9. The van der Waals surface area contributed by atoms with Crippen molar-refractivity contribution in [1.29, 1.82) is 0 Å². The summed E-state index contributed by atoms with van der Waals surface area (Å²) in [5.74, 6) is 0. The van der Waals surface area contributed by atoms with E-state index in [1.165, 1.54) is 138 Å². The van der Waals surface area contributed by atoms with Crippen LogP contribution in [0, 0.1) is 0 Å². The minimum Gasteiger partial charge on any atom is -0.456 e. The lowest BCUT2D eigenvalue weighted by Crippen LogP contribution is -2.26. The second-order valence-corrected chi connectivity index (χ2v) is 41.7. The van der Waals surface area contributed by atoms with Crippen molar-refractivity contribution in [3.63, 3.8) is 0 Å². The Morgan fingerprint density at radius 3 is 1.05 bits per heavy atom. The highest BCUT2D eigenvalue weighted by molar-refractivity contribution is 7.27. The van der Waals surface area contributed by atoms with E-state index in [-0.39, 0.29) is 0 Å². The first-order chi connectivity index (χ1) is 73.4. The number of furan rings is 5. The molecule has 11 heteroatoms. The van der Waals surface area contributed by atoms with Gasteiger partial charge in [0.1, 0.15) is 50.2 Å². The van der Waals surface area contributed by atoms with Gasteiger partial charge in [0.05, 0.1) is 31.9 Å². The minimum atomic E-state index is -0.445.